The van der Waals surface area contributed by atoms with Gasteiger partial charge in [0.15, 0.2) is 0 Å². The largest absolute Gasteiger partial charge is 0.350 e. The minimum Gasteiger partial charge on any atom is -0.350 e. The molecule has 6 heteroatoms. The molecule has 4 aliphatic rings. The molecule has 0 spiro atoms. The second-order valence-electron chi connectivity index (χ2n) is 7.25. The number of carbonyl (C=O) groups is 2. The van der Waals surface area contributed by atoms with Crippen molar-refractivity contribution in [3.05, 3.63) is 0 Å². The van der Waals surface area contributed by atoms with Gasteiger partial charge in [0.25, 0.3) is 0 Å². The minimum atomic E-state index is -0.712. The van der Waals surface area contributed by atoms with Gasteiger partial charge in [-0.1, -0.05) is 0 Å². The van der Waals surface area contributed by atoms with Gasteiger partial charge in [-0.3, -0.25) is 4.79 Å². The minimum absolute atomic E-state index is 0.00414. The zero-order valence-electron chi connectivity index (χ0n) is 12.5. The van der Waals surface area contributed by atoms with Crippen LogP contribution in [-0.2, 0) is 4.79 Å². The van der Waals surface area contributed by atoms with E-state index in [1.165, 1.54) is 19.3 Å². The van der Waals surface area contributed by atoms with Crippen LogP contribution in [0.1, 0.15) is 51.9 Å². The molecule has 0 heterocycles. The van der Waals surface area contributed by atoms with Crippen molar-refractivity contribution >= 4 is 17.6 Å². The van der Waals surface area contributed by atoms with Crippen molar-refractivity contribution in [2.45, 2.75) is 57.4 Å². The lowest BCUT2D eigenvalue weighted by Crippen LogP contribution is -2.60. The Morgan fingerprint density at radius 1 is 1.14 bits per heavy atom. The van der Waals surface area contributed by atoms with E-state index in [9.17, 15) is 9.59 Å². The molecule has 116 valence electrons. The Balaban J connectivity index is 1.57. The summed E-state index contributed by atoms with van der Waals surface area (Å²) < 4.78 is 0. The van der Waals surface area contributed by atoms with E-state index >= 15 is 0 Å². The molecule has 4 rings (SSSR count). The first-order valence-corrected chi connectivity index (χ1v) is 7.84. The van der Waals surface area contributed by atoms with E-state index in [0.717, 1.165) is 37.0 Å². The van der Waals surface area contributed by atoms with Crippen molar-refractivity contribution in [2.75, 3.05) is 0 Å². The van der Waals surface area contributed by atoms with Crippen molar-refractivity contribution in [2.24, 2.45) is 28.6 Å². The zero-order chi connectivity index (χ0) is 15.0. The normalized spacial score (nSPS) is 37.4. The Morgan fingerprint density at radius 3 is 2.14 bits per heavy atom. The van der Waals surface area contributed by atoms with Crippen LogP contribution in [0.5, 0.6) is 0 Å². The number of rotatable bonds is 4. The van der Waals surface area contributed by atoms with Crippen LogP contribution in [0.15, 0.2) is 5.10 Å². The van der Waals surface area contributed by atoms with E-state index in [0.29, 0.717) is 5.71 Å². The van der Waals surface area contributed by atoms with Gasteiger partial charge in [0.2, 0.25) is 5.91 Å². The first-order valence-electron chi connectivity index (χ1n) is 7.84. The highest BCUT2D eigenvalue weighted by atomic mass is 16.2. The van der Waals surface area contributed by atoms with Crippen LogP contribution in [0.3, 0.4) is 0 Å². The van der Waals surface area contributed by atoms with Gasteiger partial charge < -0.3 is 11.1 Å². The van der Waals surface area contributed by atoms with Crippen molar-refractivity contribution < 1.29 is 9.59 Å². The number of hydrogen-bond acceptors (Lipinski definition) is 3. The lowest BCUT2D eigenvalue weighted by Gasteiger charge is -2.56. The molecule has 3 amide bonds. The summed E-state index contributed by atoms with van der Waals surface area (Å²) in [5, 5.41) is 7.07. The van der Waals surface area contributed by atoms with E-state index < -0.39 is 6.03 Å². The molecular formula is C15H24N4O2. The lowest BCUT2D eigenvalue weighted by molar-refractivity contribution is -0.125. The highest BCUT2D eigenvalue weighted by Crippen LogP contribution is 2.55. The predicted octanol–water partition coefficient (Wildman–Crippen LogP) is 1.51. The third-order valence-corrected chi connectivity index (χ3v) is 5.22. The summed E-state index contributed by atoms with van der Waals surface area (Å²) in [6.07, 6.45) is 7.71. The molecule has 4 fully saturated rings. The molecule has 0 saturated heterocycles. The van der Waals surface area contributed by atoms with Crippen molar-refractivity contribution in [1.82, 2.24) is 10.7 Å². The number of nitrogens with two attached hydrogens (primary N) is 1. The van der Waals surface area contributed by atoms with Crippen LogP contribution in [0.25, 0.3) is 0 Å². The summed E-state index contributed by atoms with van der Waals surface area (Å²) in [7, 11) is 0. The maximum Gasteiger partial charge on any atom is 0.332 e. The average molecular weight is 292 g/mol. The number of primary amides is 1. The molecule has 4 N–H and O–H groups in total. The van der Waals surface area contributed by atoms with Crippen LogP contribution in [0.2, 0.25) is 0 Å². The van der Waals surface area contributed by atoms with E-state index in [1.54, 1.807) is 6.92 Å². The molecule has 0 aromatic rings. The van der Waals surface area contributed by atoms with Crippen LogP contribution in [0, 0.1) is 17.8 Å². The number of nitrogens with one attached hydrogen (secondary N) is 2. The van der Waals surface area contributed by atoms with Crippen LogP contribution in [-0.4, -0.2) is 23.2 Å². The molecule has 4 saturated carbocycles. The topological polar surface area (TPSA) is 96.6 Å². The third kappa shape index (κ3) is 3.19. The summed E-state index contributed by atoms with van der Waals surface area (Å²) in [5.41, 5.74) is 7.70. The fraction of sp³-hybridized carbons (Fsp3) is 0.800. The van der Waals surface area contributed by atoms with E-state index in [4.69, 9.17) is 5.73 Å². The highest BCUT2D eigenvalue weighted by Gasteiger charge is 2.51. The molecule has 21 heavy (non-hydrogen) atoms. The quantitative estimate of drug-likeness (QED) is 0.541. The molecular weight excluding hydrogens is 268 g/mol. The first kappa shape index (κ1) is 14.4. The van der Waals surface area contributed by atoms with E-state index in [1.807, 2.05) is 0 Å². The maximum absolute atomic E-state index is 12.2. The molecule has 0 aromatic carbocycles. The fourth-order valence-corrected chi connectivity index (χ4v) is 5.03. The third-order valence-electron chi connectivity index (χ3n) is 5.22. The second-order valence-corrected chi connectivity index (χ2v) is 7.25. The Labute approximate surface area is 124 Å². The maximum atomic E-state index is 12.2. The molecule has 0 aliphatic heterocycles. The van der Waals surface area contributed by atoms with Gasteiger partial charge >= 0.3 is 6.03 Å². The van der Waals surface area contributed by atoms with Gasteiger partial charge in [0.05, 0.1) is 6.42 Å². The summed E-state index contributed by atoms with van der Waals surface area (Å²) in [4.78, 5) is 22.8. The molecule has 4 bridgehead atoms. The standard InChI is InChI=1S/C15H24N4O2/c1-9(18-19-14(16)21)2-13(20)17-15-6-10-3-11(7-15)5-12(4-10)8-15/h10-12H,2-8H2,1H3,(H,17,20)(H3,16,19,21). The number of amides is 3. The number of urea groups is 1. The number of carbonyl (C=O) groups excluding carboxylic acids is 2. The van der Waals surface area contributed by atoms with Crippen LogP contribution >= 0.6 is 0 Å². The Bertz CT molecular complexity index is 451. The van der Waals surface area contributed by atoms with Gasteiger partial charge in [-0.15, -0.1) is 0 Å². The van der Waals surface area contributed by atoms with Gasteiger partial charge in [-0.25, -0.2) is 10.2 Å². The SMILES string of the molecule is CC(CC(=O)NC12CC3CC(CC(C3)C1)C2)=NNC(N)=O. The number of nitrogens with zero attached hydrogens (tertiary/aromatic N) is 1. The molecule has 4 aliphatic carbocycles. The summed E-state index contributed by atoms with van der Waals surface area (Å²) in [5.74, 6) is 2.43. The highest BCUT2D eigenvalue weighted by molar-refractivity contribution is 6.00. The molecule has 0 atom stereocenters. The average Bonchev–Trinajstić information content (AvgIpc) is 2.33. The molecule has 6 nitrogen and oxygen atoms in total. The second kappa shape index (κ2) is 5.31. The van der Waals surface area contributed by atoms with E-state index in [2.05, 4.69) is 15.8 Å². The van der Waals surface area contributed by atoms with Gasteiger partial charge in [0, 0.05) is 11.3 Å². The first-order chi connectivity index (χ1) is 9.94. The van der Waals surface area contributed by atoms with Crippen molar-refractivity contribution in [3.8, 4) is 0 Å². The molecule has 0 aromatic heterocycles. The van der Waals surface area contributed by atoms with Crippen LogP contribution in [0.4, 0.5) is 4.79 Å². The Kier molecular flexibility index (Phi) is 3.63. The molecule has 0 unspecified atom stereocenters. The van der Waals surface area contributed by atoms with Gasteiger partial charge in [-0.2, -0.15) is 5.10 Å². The Morgan fingerprint density at radius 2 is 1.67 bits per heavy atom. The van der Waals surface area contributed by atoms with Crippen molar-refractivity contribution in [3.63, 3.8) is 0 Å². The number of hydrogen-bond donors (Lipinski definition) is 3. The zero-order valence-corrected chi connectivity index (χ0v) is 12.5. The monoisotopic (exact) mass is 292 g/mol. The summed E-state index contributed by atoms with van der Waals surface area (Å²) in [6.45, 7) is 1.72. The van der Waals surface area contributed by atoms with Crippen molar-refractivity contribution in [1.29, 1.82) is 0 Å². The smallest absolute Gasteiger partial charge is 0.332 e. The number of hydrazone groups is 1. The van der Waals surface area contributed by atoms with Gasteiger partial charge in [-0.05, 0) is 63.2 Å². The lowest BCUT2D eigenvalue weighted by atomic mass is 9.53. The molecule has 0 radical (unpaired) electrons. The van der Waals surface area contributed by atoms with Crippen LogP contribution < -0.4 is 16.5 Å². The van der Waals surface area contributed by atoms with Gasteiger partial charge in [0.1, 0.15) is 0 Å². The summed E-state index contributed by atoms with van der Waals surface area (Å²) >= 11 is 0. The van der Waals surface area contributed by atoms with E-state index in [-0.39, 0.29) is 17.9 Å². The Hall–Kier alpha value is -1.59. The fourth-order valence-electron chi connectivity index (χ4n) is 5.03. The predicted molar refractivity (Wildman–Crippen MR) is 79.5 cm³/mol. The summed E-state index contributed by atoms with van der Waals surface area (Å²) in [6, 6.07) is -0.712.